The van der Waals surface area contributed by atoms with Crippen LogP contribution in [0.15, 0.2) is 23.6 Å². The number of piperidine rings is 1. The van der Waals surface area contributed by atoms with E-state index in [4.69, 9.17) is 16.7 Å². The highest BCUT2D eigenvalue weighted by atomic mass is 35.5. The Bertz CT molecular complexity index is 646. The maximum Gasteiger partial charge on any atom is 0.303 e. The minimum atomic E-state index is -0.756. The van der Waals surface area contributed by atoms with Crippen LogP contribution in [0, 0.1) is 0 Å². The quantitative estimate of drug-likeness (QED) is 0.419. The lowest BCUT2D eigenvalue weighted by Gasteiger charge is -2.34. The van der Waals surface area contributed by atoms with E-state index in [1.165, 1.54) is 11.3 Å². The third-order valence-corrected chi connectivity index (χ3v) is 6.08. The van der Waals surface area contributed by atoms with Gasteiger partial charge in [0.05, 0.1) is 16.5 Å². The minimum absolute atomic E-state index is 0.0258. The van der Waals surface area contributed by atoms with Crippen molar-refractivity contribution in [2.24, 2.45) is 0 Å². The summed E-state index contributed by atoms with van der Waals surface area (Å²) in [5.74, 6) is -0.592. The molecule has 1 saturated heterocycles. The van der Waals surface area contributed by atoms with E-state index < -0.39 is 12.1 Å². The molecule has 1 aliphatic rings. The van der Waals surface area contributed by atoms with Crippen molar-refractivity contribution in [2.75, 3.05) is 6.54 Å². The molecule has 2 rings (SSSR count). The summed E-state index contributed by atoms with van der Waals surface area (Å²) in [6, 6.07) is 1.95. The molecule has 2 atom stereocenters. The Morgan fingerprint density at radius 1 is 1.37 bits per heavy atom. The number of likely N-dealkylation sites (tertiary alicyclic amines) is 1. The highest BCUT2D eigenvalue weighted by Crippen LogP contribution is 2.25. The van der Waals surface area contributed by atoms with E-state index in [0.29, 0.717) is 30.1 Å². The molecule has 1 fully saturated rings. The van der Waals surface area contributed by atoms with Gasteiger partial charge in [-0.25, -0.2) is 0 Å². The number of carbonyl (C=O) groups is 2. The summed E-state index contributed by atoms with van der Waals surface area (Å²) in [6.45, 7) is 0.688. The molecule has 150 valence electrons. The molecule has 7 heteroatoms. The molecule has 0 saturated carbocycles. The van der Waals surface area contributed by atoms with Crippen LogP contribution in [0.4, 0.5) is 0 Å². The maximum atomic E-state index is 12.3. The topological polar surface area (TPSA) is 77.8 Å². The number of unbranched alkanes of at least 4 members (excludes halogenated alkanes) is 3. The lowest BCUT2D eigenvalue weighted by molar-refractivity contribution is -0.137. The highest BCUT2D eigenvalue weighted by Gasteiger charge is 2.25. The largest absolute Gasteiger partial charge is 0.481 e. The Morgan fingerprint density at radius 3 is 2.85 bits per heavy atom. The van der Waals surface area contributed by atoms with Gasteiger partial charge in [-0.2, -0.15) is 0 Å². The molecule has 2 heterocycles. The third kappa shape index (κ3) is 7.64. The monoisotopic (exact) mass is 413 g/mol. The summed E-state index contributed by atoms with van der Waals surface area (Å²) in [7, 11) is 0. The van der Waals surface area contributed by atoms with E-state index in [9.17, 15) is 14.7 Å². The van der Waals surface area contributed by atoms with Gasteiger partial charge in [0.2, 0.25) is 5.91 Å². The van der Waals surface area contributed by atoms with Gasteiger partial charge in [0.25, 0.3) is 0 Å². The predicted octanol–water partition coefficient (Wildman–Crippen LogP) is 4.28. The second kappa shape index (κ2) is 11.5. The number of halogens is 1. The third-order valence-electron chi connectivity index (χ3n) is 4.83. The average Bonchev–Trinajstić information content (AvgIpc) is 3.02. The number of rotatable bonds is 11. The number of carboxylic acids is 1. The second-order valence-corrected chi connectivity index (χ2v) is 8.50. The van der Waals surface area contributed by atoms with Crippen molar-refractivity contribution in [1.29, 1.82) is 0 Å². The highest BCUT2D eigenvalue weighted by molar-refractivity contribution is 7.14. The first-order valence-electron chi connectivity index (χ1n) is 9.57. The van der Waals surface area contributed by atoms with Crippen molar-refractivity contribution in [3.63, 3.8) is 0 Å². The molecule has 0 aromatic carbocycles. The van der Waals surface area contributed by atoms with Gasteiger partial charge in [0.1, 0.15) is 0 Å². The molecule has 1 aromatic heterocycles. The summed E-state index contributed by atoms with van der Waals surface area (Å²) in [5, 5.41) is 20.8. The van der Waals surface area contributed by atoms with E-state index in [1.807, 2.05) is 22.4 Å². The second-order valence-electron chi connectivity index (χ2n) is 6.98. The molecule has 1 aromatic rings. The molecule has 0 aliphatic carbocycles. The zero-order valence-corrected chi connectivity index (χ0v) is 17.1. The number of thiophene rings is 1. The van der Waals surface area contributed by atoms with Gasteiger partial charge < -0.3 is 15.1 Å². The molecule has 5 nitrogen and oxygen atoms in total. The van der Waals surface area contributed by atoms with Crippen LogP contribution < -0.4 is 0 Å². The van der Waals surface area contributed by atoms with Crippen LogP contribution in [0.2, 0.25) is 4.34 Å². The van der Waals surface area contributed by atoms with Gasteiger partial charge in [0.15, 0.2) is 0 Å². The number of aliphatic carboxylic acids is 1. The first-order chi connectivity index (χ1) is 13.0. The Hall–Kier alpha value is -1.37. The van der Waals surface area contributed by atoms with Crippen LogP contribution in [-0.2, 0) is 16.0 Å². The van der Waals surface area contributed by atoms with Crippen LogP contribution >= 0.6 is 22.9 Å². The zero-order valence-electron chi connectivity index (χ0n) is 15.5. The normalized spacial score (nSPS) is 19.0. The van der Waals surface area contributed by atoms with Crippen LogP contribution in [-0.4, -0.2) is 45.7 Å². The van der Waals surface area contributed by atoms with Gasteiger partial charge in [-0.15, -0.1) is 11.3 Å². The maximum absolute atomic E-state index is 12.3. The summed E-state index contributed by atoms with van der Waals surface area (Å²) in [5.41, 5.74) is 0.941. The molecule has 0 radical (unpaired) electrons. The van der Waals surface area contributed by atoms with Gasteiger partial charge in [-0.3, -0.25) is 9.59 Å². The number of aliphatic hydroxyl groups excluding tert-OH is 1. The first kappa shape index (κ1) is 21.9. The summed E-state index contributed by atoms with van der Waals surface area (Å²) in [6.07, 6.45) is 9.51. The van der Waals surface area contributed by atoms with Gasteiger partial charge in [-0.05, 0) is 42.7 Å². The van der Waals surface area contributed by atoms with Crippen molar-refractivity contribution in [1.82, 2.24) is 4.90 Å². The SMILES string of the molecule is O=C(O)CCCCCCN1C(=O)CCC[C@@H]1C=CC(O)Cc1ccsc1Cl. The molecular weight excluding hydrogens is 386 g/mol. The average molecular weight is 414 g/mol. The Kier molecular flexibility index (Phi) is 9.31. The van der Waals surface area contributed by atoms with Crippen molar-refractivity contribution < 1.29 is 19.8 Å². The number of nitrogens with zero attached hydrogens (tertiary/aromatic N) is 1. The summed E-state index contributed by atoms with van der Waals surface area (Å²) >= 11 is 7.54. The van der Waals surface area contributed by atoms with E-state index in [0.717, 1.165) is 37.7 Å². The van der Waals surface area contributed by atoms with E-state index in [2.05, 4.69) is 0 Å². The molecule has 0 bridgehead atoms. The molecule has 27 heavy (non-hydrogen) atoms. The fourth-order valence-corrected chi connectivity index (χ4v) is 4.31. The number of amides is 1. The van der Waals surface area contributed by atoms with Crippen LogP contribution in [0.1, 0.15) is 56.9 Å². The van der Waals surface area contributed by atoms with E-state index >= 15 is 0 Å². The number of hydrogen-bond acceptors (Lipinski definition) is 4. The van der Waals surface area contributed by atoms with E-state index in [1.54, 1.807) is 6.08 Å². The zero-order chi connectivity index (χ0) is 19.6. The fourth-order valence-electron chi connectivity index (χ4n) is 3.36. The predicted molar refractivity (Wildman–Crippen MR) is 108 cm³/mol. The molecule has 0 spiro atoms. The van der Waals surface area contributed by atoms with Crippen molar-refractivity contribution in [3.05, 3.63) is 33.5 Å². The Labute approximate surface area is 169 Å². The van der Waals surface area contributed by atoms with Crippen molar-refractivity contribution >= 4 is 34.8 Å². The lowest BCUT2D eigenvalue weighted by Crippen LogP contribution is -2.43. The van der Waals surface area contributed by atoms with Crippen molar-refractivity contribution in [2.45, 2.75) is 69.9 Å². The van der Waals surface area contributed by atoms with Crippen LogP contribution in [0.25, 0.3) is 0 Å². The number of carbonyl (C=O) groups excluding carboxylic acids is 1. The standard InChI is InChI=1S/C20H28ClNO4S/c21-20-15(11-13-27-20)14-17(23)10-9-16-6-5-7-18(24)22(16)12-4-2-1-3-8-19(25)26/h9-11,13,16-17,23H,1-8,12,14H2,(H,25,26)/t16-,17?/m1/s1. The van der Waals surface area contributed by atoms with Gasteiger partial charge >= 0.3 is 5.97 Å². The lowest BCUT2D eigenvalue weighted by atomic mass is 9.99. The molecule has 1 aliphatic heterocycles. The van der Waals surface area contributed by atoms with Gasteiger partial charge in [-0.1, -0.05) is 36.6 Å². The molecular formula is C20H28ClNO4S. The van der Waals surface area contributed by atoms with Gasteiger partial charge in [0, 0.05) is 25.8 Å². The van der Waals surface area contributed by atoms with Crippen molar-refractivity contribution in [3.8, 4) is 0 Å². The van der Waals surface area contributed by atoms with E-state index in [-0.39, 0.29) is 18.4 Å². The Morgan fingerprint density at radius 2 is 2.15 bits per heavy atom. The van der Waals surface area contributed by atoms with Crippen LogP contribution in [0.3, 0.4) is 0 Å². The summed E-state index contributed by atoms with van der Waals surface area (Å²) in [4.78, 5) is 24.7. The minimum Gasteiger partial charge on any atom is -0.481 e. The number of aliphatic hydroxyl groups is 1. The molecule has 2 N–H and O–H groups in total. The first-order valence-corrected chi connectivity index (χ1v) is 10.8. The summed E-state index contributed by atoms with van der Waals surface area (Å²) < 4.78 is 0.708. The Balaban J connectivity index is 1.80. The fraction of sp³-hybridized carbons (Fsp3) is 0.600. The number of hydrogen-bond donors (Lipinski definition) is 2. The smallest absolute Gasteiger partial charge is 0.303 e. The number of carboxylic acid groups (broad SMARTS) is 1. The molecule has 1 unspecified atom stereocenters. The molecule has 1 amide bonds. The van der Waals surface area contributed by atoms with Crippen LogP contribution in [0.5, 0.6) is 0 Å².